The first-order valence-electron chi connectivity index (χ1n) is 10.4. The summed E-state index contributed by atoms with van der Waals surface area (Å²) in [5.41, 5.74) is 0.435. The van der Waals surface area contributed by atoms with Crippen LogP contribution in [0.25, 0.3) is 0 Å². The molecular weight excluding hydrogens is 445 g/mol. The first kappa shape index (κ1) is 25.8. The van der Waals surface area contributed by atoms with Gasteiger partial charge in [-0.1, -0.05) is 64.4 Å². The fourth-order valence-electron chi connectivity index (χ4n) is 3.23. The largest absolute Gasteiger partial charge is 0.425 e. The maximum Gasteiger partial charge on any atom is 0.320 e. The Morgan fingerprint density at radius 2 is 1.26 bits per heavy atom. The summed E-state index contributed by atoms with van der Waals surface area (Å²) >= 11 is 0. The maximum absolute atomic E-state index is 6.32. The Morgan fingerprint density at radius 3 is 1.78 bits per heavy atom. The summed E-state index contributed by atoms with van der Waals surface area (Å²) in [4.78, 5) is 0. The molecule has 0 N–H and O–H groups in total. The molecule has 1 atom stereocenters. The van der Waals surface area contributed by atoms with Crippen molar-refractivity contribution in [1.29, 1.82) is 0 Å². The quantitative estimate of drug-likeness (QED) is 0.230. The number of hydrogen-bond acceptors (Lipinski definition) is 6. The second-order valence-corrected chi connectivity index (χ2v) is 20.1. The zero-order chi connectivity index (χ0) is 19.6. The van der Waals surface area contributed by atoms with E-state index < -0.39 is 58.6 Å². The third-order valence-electron chi connectivity index (χ3n) is 4.96. The highest BCUT2D eigenvalue weighted by Gasteiger charge is 2.39. The van der Waals surface area contributed by atoms with Crippen LogP contribution in [0.3, 0.4) is 0 Å². The van der Waals surface area contributed by atoms with Crippen molar-refractivity contribution in [1.82, 2.24) is 0 Å². The van der Waals surface area contributed by atoms with Gasteiger partial charge in [-0.05, 0) is 19.4 Å². The molecule has 0 saturated carbocycles. The minimum atomic E-state index is -2.30. The molecule has 0 radical (unpaired) electrons. The molecule has 1 aliphatic rings. The zero-order valence-corrected chi connectivity index (χ0v) is 25.5. The Morgan fingerprint density at radius 1 is 0.778 bits per heavy atom. The average Bonchev–Trinajstić information content (AvgIpc) is 2.66. The van der Waals surface area contributed by atoms with Gasteiger partial charge in [-0.2, -0.15) is 0 Å². The Labute approximate surface area is 179 Å². The fraction of sp³-hybridized carbons (Fsp3) is 0.867. The third-order valence-corrected chi connectivity index (χ3v) is 17.8. The predicted octanol–water partition coefficient (Wildman–Crippen LogP) is 0.643. The number of rotatable bonds is 12. The molecule has 0 spiro atoms. The van der Waals surface area contributed by atoms with Crippen LogP contribution < -0.4 is 0 Å². The van der Waals surface area contributed by atoms with Gasteiger partial charge in [0.25, 0.3) is 50.0 Å². The predicted molar refractivity (Wildman–Crippen MR) is 127 cm³/mol. The van der Waals surface area contributed by atoms with E-state index in [1.165, 1.54) is 51.4 Å². The van der Waals surface area contributed by atoms with Gasteiger partial charge >= 0.3 is 8.56 Å². The van der Waals surface area contributed by atoms with Gasteiger partial charge in [-0.3, -0.25) is 0 Å². The molecule has 1 fully saturated rings. The second kappa shape index (κ2) is 17.6. The van der Waals surface area contributed by atoms with Crippen molar-refractivity contribution in [3.05, 3.63) is 12.7 Å². The molecule has 6 nitrogen and oxygen atoms in total. The Kier molecular flexibility index (Phi) is 16.9. The normalized spacial score (nSPS) is 28.4. The van der Waals surface area contributed by atoms with Crippen molar-refractivity contribution in [3.8, 4) is 0 Å². The summed E-state index contributed by atoms with van der Waals surface area (Å²) in [6, 6.07) is 0. The van der Waals surface area contributed by atoms with Crippen LogP contribution in [-0.4, -0.2) is 58.6 Å². The SMILES string of the molecule is C=CCC(CCCCCCCCCC)[Si]1(C)O[SiH2]O[SiH2]O[SiH2]O[SiH2]O[SiH2]O1. The van der Waals surface area contributed by atoms with Gasteiger partial charge in [-0.15, -0.1) is 6.58 Å². The second-order valence-electron chi connectivity index (χ2n) is 7.20. The van der Waals surface area contributed by atoms with Crippen molar-refractivity contribution >= 4 is 58.6 Å². The lowest BCUT2D eigenvalue weighted by atomic mass is 10.1. The zero-order valence-electron chi connectivity index (χ0n) is 17.4. The Hall–Kier alpha value is 0.801. The number of allylic oxidation sites excluding steroid dienone is 1. The molecule has 1 rings (SSSR count). The molecule has 1 aliphatic heterocycles. The summed E-state index contributed by atoms with van der Waals surface area (Å²) in [5, 5.41) is 0. The summed E-state index contributed by atoms with van der Waals surface area (Å²) in [6.07, 6.45) is 14.9. The minimum absolute atomic E-state index is 0.435. The molecule has 27 heavy (non-hydrogen) atoms. The molecule has 12 heteroatoms. The molecule has 1 unspecified atom stereocenters. The van der Waals surface area contributed by atoms with E-state index in [2.05, 4.69) is 20.0 Å². The first-order chi connectivity index (χ1) is 13.2. The van der Waals surface area contributed by atoms with Crippen LogP contribution in [-0.2, 0) is 24.7 Å². The molecule has 160 valence electrons. The smallest absolute Gasteiger partial charge is 0.320 e. The highest BCUT2D eigenvalue weighted by molar-refractivity contribution is 6.75. The molecule has 1 saturated heterocycles. The summed E-state index contributed by atoms with van der Waals surface area (Å²) < 4.78 is 35.2. The standard InChI is InChI=1S/C15H40O6Si6/c1-4-6-7-8-9-10-11-12-14-15(13-5-2)27(3)20-25-18-23-16-22-17-24-19-26-21-27/h5,15H,2,4,6-14,22-26H2,1,3H3. The van der Waals surface area contributed by atoms with E-state index in [0.29, 0.717) is 5.54 Å². The van der Waals surface area contributed by atoms with E-state index in [4.69, 9.17) is 24.7 Å². The van der Waals surface area contributed by atoms with Crippen LogP contribution in [0.4, 0.5) is 0 Å². The molecular formula is C15H40O6Si6. The molecule has 0 bridgehead atoms. The summed E-state index contributed by atoms with van der Waals surface area (Å²) in [5.74, 6) is 0. The molecule has 0 aromatic heterocycles. The topological polar surface area (TPSA) is 55.4 Å². The Balaban J connectivity index is 2.42. The van der Waals surface area contributed by atoms with Gasteiger partial charge in [0.05, 0.1) is 0 Å². The van der Waals surface area contributed by atoms with E-state index in [1.807, 2.05) is 6.08 Å². The van der Waals surface area contributed by atoms with Gasteiger partial charge in [0.15, 0.2) is 0 Å². The molecule has 1 heterocycles. The first-order valence-corrected chi connectivity index (χ1v) is 18.6. The van der Waals surface area contributed by atoms with Crippen molar-refractivity contribution in [2.75, 3.05) is 0 Å². The lowest BCUT2D eigenvalue weighted by Crippen LogP contribution is -2.47. The van der Waals surface area contributed by atoms with Gasteiger partial charge < -0.3 is 24.7 Å². The highest BCUT2D eigenvalue weighted by Crippen LogP contribution is 2.33. The lowest BCUT2D eigenvalue weighted by Gasteiger charge is -2.35. The van der Waals surface area contributed by atoms with Crippen LogP contribution in [0.15, 0.2) is 12.7 Å². The van der Waals surface area contributed by atoms with E-state index in [-0.39, 0.29) is 0 Å². The van der Waals surface area contributed by atoms with E-state index in [0.717, 1.165) is 12.8 Å². The molecule has 0 amide bonds. The highest BCUT2D eigenvalue weighted by atomic mass is 28.5. The average molecular weight is 485 g/mol. The fourth-order valence-corrected chi connectivity index (χ4v) is 17.2. The van der Waals surface area contributed by atoms with Crippen LogP contribution in [0.1, 0.15) is 71.1 Å². The molecule has 0 aliphatic carbocycles. The number of hydrogen-bond donors (Lipinski definition) is 0. The lowest BCUT2D eigenvalue weighted by molar-refractivity contribution is 0.305. The Bertz CT molecular complexity index is 356. The van der Waals surface area contributed by atoms with Crippen LogP contribution in [0.5, 0.6) is 0 Å². The van der Waals surface area contributed by atoms with Gasteiger partial charge in [0.2, 0.25) is 0 Å². The van der Waals surface area contributed by atoms with E-state index in [1.54, 1.807) is 0 Å². The third kappa shape index (κ3) is 12.9. The van der Waals surface area contributed by atoms with Crippen molar-refractivity contribution in [2.24, 2.45) is 0 Å². The summed E-state index contributed by atoms with van der Waals surface area (Å²) in [7, 11) is -7.12. The molecule has 0 aromatic carbocycles. The minimum Gasteiger partial charge on any atom is -0.425 e. The van der Waals surface area contributed by atoms with E-state index >= 15 is 0 Å². The van der Waals surface area contributed by atoms with Gasteiger partial charge in [0.1, 0.15) is 0 Å². The number of unbranched alkanes of at least 4 members (excludes halogenated alkanes) is 7. The maximum atomic E-state index is 6.32. The van der Waals surface area contributed by atoms with Crippen molar-refractivity contribution in [2.45, 2.75) is 83.2 Å². The van der Waals surface area contributed by atoms with Crippen LogP contribution in [0, 0.1) is 0 Å². The van der Waals surface area contributed by atoms with E-state index in [9.17, 15) is 0 Å². The van der Waals surface area contributed by atoms with Crippen molar-refractivity contribution < 1.29 is 24.7 Å². The molecule has 0 aromatic rings. The van der Waals surface area contributed by atoms with Crippen molar-refractivity contribution in [3.63, 3.8) is 0 Å². The van der Waals surface area contributed by atoms with Crippen LogP contribution in [0.2, 0.25) is 12.1 Å². The summed E-state index contributed by atoms with van der Waals surface area (Å²) in [6.45, 7) is 8.43. The van der Waals surface area contributed by atoms with Gasteiger partial charge in [-0.25, -0.2) is 0 Å². The monoisotopic (exact) mass is 484 g/mol. The van der Waals surface area contributed by atoms with Gasteiger partial charge in [0, 0.05) is 5.54 Å². The van der Waals surface area contributed by atoms with Crippen LogP contribution >= 0.6 is 0 Å².